The van der Waals surface area contributed by atoms with E-state index in [1.54, 1.807) is 54.0 Å². The number of carbonyl (C=O) groups is 2. The summed E-state index contributed by atoms with van der Waals surface area (Å²) in [6.07, 6.45) is 1.56. The van der Waals surface area contributed by atoms with E-state index in [9.17, 15) is 14.7 Å². The van der Waals surface area contributed by atoms with Crippen molar-refractivity contribution < 1.29 is 24.2 Å². The lowest BCUT2D eigenvalue weighted by molar-refractivity contribution is -0.132. The first-order valence-corrected chi connectivity index (χ1v) is 13.1. The van der Waals surface area contributed by atoms with Crippen LogP contribution in [0, 0.1) is 0 Å². The van der Waals surface area contributed by atoms with Gasteiger partial charge < -0.3 is 14.6 Å². The van der Waals surface area contributed by atoms with Crippen molar-refractivity contribution in [3.63, 3.8) is 0 Å². The highest BCUT2D eigenvalue weighted by Crippen LogP contribution is 2.44. The molecule has 1 aliphatic heterocycles. The quantitative estimate of drug-likeness (QED) is 0.156. The highest BCUT2D eigenvalue weighted by Gasteiger charge is 2.48. The number of aliphatic hydroxyl groups excluding tert-OH is 1. The maximum atomic E-state index is 13.3. The zero-order valence-electron chi connectivity index (χ0n) is 20.3. The van der Waals surface area contributed by atoms with Gasteiger partial charge in [-0.1, -0.05) is 48.0 Å². The zero-order chi connectivity index (χ0) is 26.6. The van der Waals surface area contributed by atoms with Crippen molar-refractivity contribution in [1.29, 1.82) is 0 Å². The topological polar surface area (TPSA) is 89.0 Å². The Labute approximate surface area is 228 Å². The number of anilines is 1. The molecule has 1 amide bonds. The molecule has 38 heavy (non-hydrogen) atoms. The monoisotopic (exact) mass is 546 g/mol. The number of benzene rings is 3. The van der Waals surface area contributed by atoms with Gasteiger partial charge >= 0.3 is 5.91 Å². The van der Waals surface area contributed by atoms with Crippen molar-refractivity contribution in [1.82, 2.24) is 4.98 Å². The Morgan fingerprint density at radius 2 is 1.79 bits per heavy atom. The summed E-state index contributed by atoms with van der Waals surface area (Å²) in [6.45, 7) is 2.58. The highest BCUT2D eigenvalue weighted by atomic mass is 35.5. The molecule has 1 aliphatic rings. The van der Waals surface area contributed by atoms with E-state index in [1.165, 1.54) is 16.2 Å². The molecule has 1 saturated heterocycles. The van der Waals surface area contributed by atoms with Crippen molar-refractivity contribution >= 4 is 45.5 Å². The van der Waals surface area contributed by atoms with Crippen LogP contribution in [-0.2, 0) is 16.2 Å². The molecule has 1 aromatic heterocycles. The van der Waals surface area contributed by atoms with Gasteiger partial charge in [0.05, 0.1) is 18.2 Å². The van der Waals surface area contributed by atoms with Crippen molar-refractivity contribution in [3.8, 4) is 11.5 Å². The first kappa shape index (κ1) is 25.5. The number of halogens is 1. The number of Topliss-reactive ketones (excluding diaryl/α,β-unsaturated/α-hetero) is 1. The molecule has 5 rings (SSSR count). The molecule has 1 N–H and O–H groups in total. The molecular formula is C29H23ClN2O5S. The highest BCUT2D eigenvalue weighted by molar-refractivity contribution is 7.14. The van der Waals surface area contributed by atoms with Crippen LogP contribution in [0.5, 0.6) is 11.5 Å². The molecule has 0 radical (unpaired) electrons. The van der Waals surface area contributed by atoms with Crippen LogP contribution in [0.25, 0.3) is 5.76 Å². The maximum absolute atomic E-state index is 13.3. The molecule has 3 aromatic carbocycles. The van der Waals surface area contributed by atoms with E-state index in [4.69, 9.17) is 21.1 Å². The van der Waals surface area contributed by atoms with Crippen LogP contribution in [-0.4, -0.2) is 28.4 Å². The van der Waals surface area contributed by atoms with Gasteiger partial charge in [-0.15, -0.1) is 11.3 Å². The molecule has 2 heterocycles. The molecule has 1 unspecified atom stereocenters. The van der Waals surface area contributed by atoms with E-state index >= 15 is 0 Å². The largest absolute Gasteiger partial charge is 0.507 e. The minimum Gasteiger partial charge on any atom is -0.507 e. The predicted octanol–water partition coefficient (Wildman–Crippen LogP) is 6.40. The average Bonchev–Trinajstić information content (AvgIpc) is 3.55. The molecular weight excluding hydrogens is 524 g/mol. The van der Waals surface area contributed by atoms with Gasteiger partial charge in [0.15, 0.2) is 16.6 Å². The maximum Gasteiger partial charge on any atom is 0.301 e. The van der Waals surface area contributed by atoms with Crippen molar-refractivity contribution in [2.24, 2.45) is 0 Å². The van der Waals surface area contributed by atoms with Crippen LogP contribution in [0.1, 0.15) is 29.7 Å². The summed E-state index contributed by atoms with van der Waals surface area (Å²) in [6, 6.07) is 20.4. The molecule has 7 nitrogen and oxygen atoms in total. The summed E-state index contributed by atoms with van der Waals surface area (Å²) in [4.78, 5) is 32.1. The summed E-state index contributed by atoms with van der Waals surface area (Å²) in [5, 5.41) is 13.8. The Hall–Kier alpha value is -4.14. The number of hydrogen-bond acceptors (Lipinski definition) is 7. The molecule has 1 atom stereocenters. The van der Waals surface area contributed by atoms with Crippen molar-refractivity contribution in [2.45, 2.75) is 19.6 Å². The molecule has 1 fully saturated rings. The zero-order valence-corrected chi connectivity index (χ0v) is 21.9. The Balaban J connectivity index is 1.60. The summed E-state index contributed by atoms with van der Waals surface area (Å²) >= 11 is 7.23. The van der Waals surface area contributed by atoms with Gasteiger partial charge in [0, 0.05) is 22.2 Å². The molecule has 4 aromatic rings. The van der Waals surface area contributed by atoms with Gasteiger partial charge in [-0.3, -0.25) is 14.5 Å². The lowest BCUT2D eigenvalue weighted by Crippen LogP contribution is -2.29. The van der Waals surface area contributed by atoms with Gasteiger partial charge in [-0.25, -0.2) is 4.98 Å². The van der Waals surface area contributed by atoms with E-state index in [0.29, 0.717) is 46.0 Å². The standard InChI is InChI=1S/C29H23ClN2O5S/c1-2-36-23-16-20(10-13-22(23)37-17-18-6-4-3-5-7-18)25-24(26(33)19-8-11-21(30)12-9-19)27(34)28(35)32(25)29-31-14-15-38-29/h3-16,25,33H,2,17H2,1H3. The lowest BCUT2D eigenvalue weighted by atomic mass is 9.95. The van der Waals surface area contributed by atoms with Crippen molar-refractivity contribution in [2.75, 3.05) is 11.5 Å². The molecule has 0 spiro atoms. The summed E-state index contributed by atoms with van der Waals surface area (Å²) in [7, 11) is 0. The first-order chi connectivity index (χ1) is 18.5. The number of ether oxygens (including phenoxy) is 2. The van der Waals surface area contributed by atoms with Crippen LogP contribution in [0.4, 0.5) is 5.13 Å². The van der Waals surface area contributed by atoms with Gasteiger partial charge in [0.2, 0.25) is 0 Å². The number of aromatic nitrogens is 1. The van der Waals surface area contributed by atoms with Gasteiger partial charge in [-0.05, 0) is 54.4 Å². The van der Waals surface area contributed by atoms with E-state index < -0.39 is 17.7 Å². The minimum atomic E-state index is -0.931. The number of thiazole rings is 1. The first-order valence-electron chi connectivity index (χ1n) is 11.9. The number of amides is 1. The second-order valence-electron chi connectivity index (χ2n) is 8.40. The summed E-state index contributed by atoms with van der Waals surface area (Å²) < 4.78 is 11.9. The van der Waals surface area contributed by atoms with Crippen molar-refractivity contribution in [3.05, 3.63) is 112 Å². The average molecular weight is 547 g/mol. The third-order valence-corrected chi connectivity index (χ3v) is 7.03. The van der Waals surface area contributed by atoms with E-state index in [1.807, 2.05) is 37.3 Å². The van der Waals surface area contributed by atoms with Gasteiger partial charge in [-0.2, -0.15) is 0 Å². The number of hydrogen-bond donors (Lipinski definition) is 1. The second kappa shape index (κ2) is 11.1. The lowest BCUT2D eigenvalue weighted by Gasteiger charge is -2.24. The number of ketones is 1. The molecule has 9 heteroatoms. The number of carbonyl (C=O) groups excluding carboxylic acids is 2. The van der Waals surface area contributed by atoms with Crippen LogP contribution >= 0.6 is 22.9 Å². The molecule has 192 valence electrons. The van der Waals surface area contributed by atoms with Crippen LogP contribution in [0.3, 0.4) is 0 Å². The third-order valence-electron chi connectivity index (χ3n) is 6.01. The third kappa shape index (κ3) is 5.01. The van der Waals surface area contributed by atoms with Crippen LogP contribution < -0.4 is 14.4 Å². The Kier molecular flexibility index (Phi) is 7.44. The fourth-order valence-corrected chi connectivity index (χ4v) is 5.05. The number of rotatable bonds is 8. The summed E-state index contributed by atoms with van der Waals surface area (Å²) in [5.74, 6) is -0.908. The fourth-order valence-electron chi connectivity index (χ4n) is 4.26. The van der Waals surface area contributed by atoms with Crippen LogP contribution in [0.15, 0.2) is 89.9 Å². The normalized spacial score (nSPS) is 16.6. The SMILES string of the molecule is CCOc1cc(C2C(=C(O)c3ccc(Cl)cc3)C(=O)C(=O)N2c2nccs2)ccc1OCc1ccccc1. The van der Waals surface area contributed by atoms with Gasteiger partial charge in [0.25, 0.3) is 5.78 Å². The second-order valence-corrected chi connectivity index (χ2v) is 9.71. The predicted molar refractivity (Wildman–Crippen MR) is 147 cm³/mol. The smallest absolute Gasteiger partial charge is 0.301 e. The van der Waals surface area contributed by atoms with E-state index in [0.717, 1.165) is 5.56 Å². The van der Waals surface area contributed by atoms with Gasteiger partial charge in [0.1, 0.15) is 12.4 Å². The molecule has 0 aliphatic carbocycles. The van der Waals surface area contributed by atoms with Crippen LogP contribution in [0.2, 0.25) is 5.02 Å². The Morgan fingerprint density at radius 3 is 2.47 bits per heavy atom. The number of aliphatic hydroxyl groups is 1. The van der Waals surface area contributed by atoms with E-state index in [2.05, 4.69) is 4.98 Å². The van der Waals surface area contributed by atoms with E-state index in [-0.39, 0.29) is 11.3 Å². The molecule has 0 saturated carbocycles. The fraction of sp³-hybridized carbons (Fsp3) is 0.138. The minimum absolute atomic E-state index is 0.0482. The Bertz CT molecular complexity index is 1490. The number of nitrogens with zero attached hydrogens (tertiary/aromatic N) is 2. The summed E-state index contributed by atoms with van der Waals surface area (Å²) in [5.41, 5.74) is 1.88. The Morgan fingerprint density at radius 1 is 1.03 bits per heavy atom. The molecule has 0 bridgehead atoms.